The van der Waals surface area contributed by atoms with E-state index < -0.39 is 0 Å². The minimum atomic E-state index is 0.433. The second kappa shape index (κ2) is 3.41. The van der Waals surface area contributed by atoms with E-state index >= 15 is 0 Å². The number of likely N-dealkylation sites (tertiary alicyclic amines) is 1. The van der Waals surface area contributed by atoms with E-state index in [9.17, 15) is 4.79 Å². The van der Waals surface area contributed by atoms with Gasteiger partial charge in [-0.15, -0.1) is 0 Å². The van der Waals surface area contributed by atoms with Crippen LogP contribution < -0.4 is 0 Å². The molecule has 0 bridgehead atoms. The van der Waals surface area contributed by atoms with Gasteiger partial charge in [-0.25, -0.2) is 0 Å². The first-order valence-electron chi connectivity index (χ1n) is 5.54. The summed E-state index contributed by atoms with van der Waals surface area (Å²) in [6.07, 6.45) is 6.57. The normalized spacial score (nSPS) is 28.5. The molecule has 0 aromatic carbocycles. The van der Waals surface area contributed by atoms with Crippen molar-refractivity contribution in [3.8, 4) is 0 Å². The van der Waals surface area contributed by atoms with Crippen molar-refractivity contribution < 1.29 is 4.79 Å². The Morgan fingerprint density at radius 1 is 1.31 bits per heavy atom. The molecule has 1 aliphatic carbocycles. The maximum atomic E-state index is 11.2. The molecule has 0 amide bonds. The van der Waals surface area contributed by atoms with Crippen molar-refractivity contribution in [2.75, 3.05) is 13.1 Å². The van der Waals surface area contributed by atoms with Crippen LogP contribution in [0.5, 0.6) is 0 Å². The predicted octanol–water partition coefficient (Wildman–Crippen LogP) is 1.98. The Morgan fingerprint density at radius 2 is 2.00 bits per heavy atom. The number of carbonyl (C=O) groups is 1. The van der Waals surface area contributed by atoms with Crippen LogP contribution in [0.25, 0.3) is 0 Å². The first-order chi connectivity index (χ1) is 6.27. The molecule has 2 aliphatic rings. The first-order valence-corrected chi connectivity index (χ1v) is 5.54. The van der Waals surface area contributed by atoms with Crippen molar-refractivity contribution in [2.45, 2.75) is 51.0 Å². The Kier molecular flexibility index (Phi) is 2.41. The van der Waals surface area contributed by atoms with E-state index in [0.29, 0.717) is 11.3 Å². The summed E-state index contributed by atoms with van der Waals surface area (Å²) in [5, 5.41) is 0. The summed E-state index contributed by atoms with van der Waals surface area (Å²) in [7, 11) is 0. The highest BCUT2D eigenvalue weighted by Gasteiger charge is 2.41. The molecule has 0 atom stereocenters. The summed E-state index contributed by atoms with van der Waals surface area (Å²) < 4.78 is 0. The van der Waals surface area contributed by atoms with Crippen LogP contribution in [0.4, 0.5) is 0 Å². The summed E-state index contributed by atoms with van der Waals surface area (Å²) in [4.78, 5) is 13.8. The Hall–Kier alpha value is -0.370. The van der Waals surface area contributed by atoms with Crippen LogP contribution in [0.3, 0.4) is 0 Å². The van der Waals surface area contributed by atoms with Gasteiger partial charge in [0.15, 0.2) is 0 Å². The number of hydrogen-bond acceptors (Lipinski definition) is 2. The molecule has 2 fully saturated rings. The molecule has 1 aliphatic heterocycles. The molecule has 2 heteroatoms. The third kappa shape index (κ3) is 1.52. The SMILES string of the molecule is CCN1CCCC12CCC(=O)CC2. The number of hydrogen-bond donors (Lipinski definition) is 0. The molecule has 1 saturated carbocycles. The minimum Gasteiger partial charge on any atom is -0.300 e. The number of nitrogens with zero attached hydrogens (tertiary/aromatic N) is 1. The maximum Gasteiger partial charge on any atom is 0.133 e. The van der Waals surface area contributed by atoms with E-state index in [1.807, 2.05) is 0 Å². The molecule has 1 saturated heterocycles. The molecule has 13 heavy (non-hydrogen) atoms. The van der Waals surface area contributed by atoms with Crippen LogP contribution in [0.15, 0.2) is 0 Å². The van der Waals surface area contributed by atoms with Crippen molar-refractivity contribution in [1.29, 1.82) is 0 Å². The van der Waals surface area contributed by atoms with Gasteiger partial charge in [-0.1, -0.05) is 6.92 Å². The zero-order valence-electron chi connectivity index (χ0n) is 8.51. The zero-order valence-corrected chi connectivity index (χ0v) is 8.51. The third-order valence-electron chi connectivity index (χ3n) is 3.86. The van der Waals surface area contributed by atoms with Gasteiger partial charge in [0.05, 0.1) is 0 Å². The highest BCUT2D eigenvalue weighted by Crippen LogP contribution is 2.40. The van der Waals surface area contributed by atoms with Gasteiger partial charge in [0, 0.05) is 18.4 Å². The molecule has 2 rings (SSSR count). The lowest BCUT2D eigenvalue weighted by atomic mass is 9.79. The average Bonchev–Trinajstić information content (AvgIpc) is 2.54. The van der Waals surface area contributed by atoms with Crippen LogP contribution in [0, 0.1) is 0 Å². The fraction of sp³-hybridized carbons (Fsp3) is 0.909. The van der Waals surface area contributed by atoms with Gasteiger partial charge in [-0.3, -0.25) is 9.69 Å². The molecule has 0 aromatic heterocycles. The van der Waals surface area contributed by atoms with Crippen LogP contribution in [-0.4, -0.2) is 29.3 Å². The van der Waals surface area contributed by atoms with Crippen LogP contribution in [-0.2, 0) is 4.79 Å². The van der Waals surface area contributed by atoms with Crippen LogP contribution in [0.1, 0.15) is 45.4 Å². The topological polar surface area (TPSA) is 20.3 Å². The molecular weight excluding hydrogens is 162 g/mol. The molecule has 0 aromatic rings. The van der Waals surface area contributed by atoms with Crippen molar-refractivity contribution in [3.05, 3.63) is 0 Å². The lowest BCUT2D eigenvalue weighted by molar-refractivity contribution is -0.122. The highest BCUT2D eigenvalue weighted by molar-refractivity contribution is 5.79. The van der Waals surface area contributed by atoms with Gasteiger partial charge >= 0.3 is 0 Å². The second-order valence-electron chi connectivity index (χ2n) is 4.45. The molecule has 1 spiro atoms. The van der Waals surface area contributed by atoms with E-state index in [1.165, 1.54) is 19.4 Å². The van der Waals surface area contributed by atoms with Crippen molar-refractivity contribution in [1.82, 2.24) is 4.90 Å². The summed E-state index contributed by atoms with van der Waals surface area (Å²) in [6.45, 7) is 4.66. The Balaban J connectivity index is 2.06. The molecule has 0 unspecified atom stereocenters. The molecule has 1 heterocycles. The minimum absolute atomic E-state index is 0.433. The largest absolute Gasteiger partial charge is 0.300 e. The van der Waals surface area contributed by atoms with Crippen LogP contribution >= 0.6 is 0 Å². The average molecular weight is 181 g/mol. The second-order valence-corrected chi connectivity index (χ2v) is 4.45. The van der Waals surface area contributed by atoms with Crippen LogP contribution in [0.2, 0.25) is 0 Å². The van der Waals surface area contributed by atoms with E-state index in [-0.39, 0.29) is 0 Å². The quantitative estimate of drug-likeness (QED) is 0.616. The summed E-state index contributed by atoms with van der Waals surface area (Å²) in [5.41, 5.74) is 0.433. The van der Waals surface area contributed by atoms with Crippen molar-refractivity contribution in [2.24, 2.45) is 0 Å². The first kappa shape index (κ1) is 9.20. The third-order valence-corrected chi connectivity index (χ3v) is 3.86. The van der Waals surface area contributed by atoms with E-state index in [2.05, 4.69) is 11.8 Å². The predicted molar refractivity (Wildman–Crippen MR) is 52.7 cm³/mol. The number of carbonyl (C=O) groups excluding carboxylic acids is 1. The standard InChI is InChI=1S/C11H19NO/c1-2-12-9-3-6-11(12)7-4-10(13)5-8-11/h2-9H2,1H3. The summed E-state index contributed by atoms with van der Waals surface area (Å²) in [6, 6.07) is 0. The van der Waals surface area contributed by atoms with Crippen molar-refractivity contribution in [3.63, 3.8) is 0 Å². The molecule has 2 nitrogen and oxygen atoms in total. The monoisotopic (exact) mass is 181 g/mol. The molecular formula is C11H19NO. The van der Waals surface area contributed by atoms with Gasteiger partial charge in [0.25, 0.3) is 0 Å². The zero-order chi connectivity index (χ0) is 9.31. The van der Waals surface area contributed by atoms with E-state index in [0.717, 1.165) is 32.2 Å². The molecule has 0 N–H and O–H groups in total. The van der Waals surface area contributed by atoms with Gasteiger partial charge < -0.3 is 0 Å². The van der Waals surface area contributed by atoms with Gasteiger partial charge in [-0.05, 0) is 38.8 Å². The molecule has 74 valence electrons. The maximum absolute atomic E-state index is 11.2. The van der Waals surface area contributed by atoms with E-state index in [1.54, 1.807) is 0 Å². The van der Waals surface area contributed by atoms with Crippen molar-refractivity contribution >= 4 is 5.78 Å². The lowest BCUT2D eigenvalue weighted by Gasteiger charge is -2.40. The number of Topliss-reactive ketones (excluding diaryl/α,β-unsaturated/α-hetero) is 1. The van der Waals surface area contributed by atoms with Gasteiger partial charge in [0.2, 0.25) is 0 Å². The summed E-state index contributed by atoms with van der Waals surface area (Å²) in [5.74, 6) is 0.480. The Labute approximate surface area is 80.3 Å². The smallest absolute Gasteiger partial charge is 0.133 e. The molecule has 0 radical (unpaired) electrons. The fourth-order valence-electron chi connectivity index (χ4n) is 3.05. The Bertz CT molecular complexity index is 202. The van der Waals surface area contributed by atoms with Gasteiger partial charge in [0.1, 0.15) is 5.78 Å². The highest BCUT2D eigenvalue weighted by atomic mass is 16.1. The Morgan fingerprint density at radius 3 is 2.62 bits per heavy atom. The van der Waals surface area contributed by atoms with E-state index in [4.69, 9.17) is 0 Å². The lowest BCUT2D eigenvalue weighted by Crippen LogP contribution is -2.46. The van der Waals surface area contributed by atoms with Gasteiger partial charge in [-0.2, -0.15) is 0 Å². The fourth-order valence-corrected chi connectivity index (χ4v) is 3.05. The summed E-state index contributed by atoms with van der Waals surface area (Å²) >= 11 is 0. The number of ketones is 1. The number of rotatable bonds is 1.